The van der Waals surface area contributed by atoms with E-state index < -0.39 is 0 Å². The maximum Gasteiger partial charge on any atom is 0.346 e. The van der Waals surface area contributed by atoms with Crippen molar-refractivity contribution in [2.75, 3.05) is 0 Å². The molecule has 1 aromatic carbocycles. The van der Waals surface area contributed by atoms with Crippen LogP contribution in [0.1, 0.15) is 17.3 Å². The fourth-order valence-electron chi connectivity index (χ4n) is 1.96. The van der Waals surface area contributed by atoms with Gasteiger partial charge in [0.1, 0.15) is 12.4 Å². The van der Waals surface area contributed by atoms with Crippen LogP contribution in [0.5, 0.6) is 0 Å². The van der Waals surface area contributed by atoms with Gasteiger partial charge in [0, 0.05) is 12.6 Å². The van der Waals surface area contributed by atoms with Gasteiger partial charge in [0.25, 0.3) is 0 Å². The van der Waals surface area contributed by atoms with Crippen LogP contribution in [0.15, 0.2) is 33.5 Å². The van der Waals surface area contributed by atoms with Crippen molar-refractivity contribution in [2.45, 2.75) is 20.4 Å². The van der Waals surface area contributed by atoms with Gasteiger partial charge in [-0.3, -0.25) is 4.57 Å². The van der Waals surface area contributed by atoms with Gasteiger partial charge in [-0.05, 0) is 26.0 Å². The smallest absolute Gasteiger partial charge is 0.346 e. The third-order valence-corrected chi connectivity index (χ3v) is 3.31. The summed E-state index contributed by atoms with van der Waals surface area (Å²) >= 11 is 0. The average Bonchev–Trinajstić information content (AvgIpc) is 3.02. The number of aromatic nitrogens is 5. The van der Waals surface area contributed by atoms with Gasteiger partial charge >= 0.3 is 5.69 Å². The quantitative estimate of drug-likeness (QED) is 0.724. The zero-order valence-corrected chi connectivity index (χ0v) is 12.1. The second-order valence-corrected chi connectivity index (χ2v) is 4.91. The van der Waals surface area contributed by atoms with E-state index in [1.807, 2.05) is 31.2 Å². The summed E-state index contributed by atoms with van der Waals surface area (Å²) in [6, 6.07) is 7.80. The molecule has 0 saturated heterocycles. The summed E-state index contributed by atoms with van der Waals surface area (Å²) in [5.74, 6) is 1.43. The van der Waals surface area contributed by atoms with E-state index in [-0.39, 0.29) is 12.2 Å². The van der Waals surface area contributed by atoms with E-state index >= 15 is 0 Å². The van der Waals surface area contributed by atoms with Crippen LogP contribution >= 0.6 is 0 Å². The molecule has 0 spiro atoms. The van der Waals surface area contributed by atoms with Crippen molar-refractivity contribution in [3.8, 4) is 11.5 Å². The van der Waals surface area contributed by atoms with E-state index in [1.54, 1.807) is 14.0 Å². The molecule has 3 rings (SSSR count). The lowest BCUT2D eigenvalue weighted by Gasteiger charge is -1.96. The van der Waals surface area contributed by atoms with E-state index in [0.717, 1.165) is 11.1 Å². The fraction of sp³-hybridized carbons (Fsp3) is 0.286. The Hall–Kier alpha value is -2.70. The van der Waals surface area contributed by atoms with Crippen LogP contribution in [0.3, 0.4) is 0 Å². The van der Waals surface area contributed by atoms with Gasteiger partial charge in [0.2, 0.25) is 11.8 Å². The highest BCUT2D eigenvalue weighted by atomic mass is 16.4. The van der Waals surface area contributed by atoms with Gasteiger partial charge in [-0.1, -0.05) is 17.7 Å². The summed E-state index contributed by atoms with van der Waals surface area (Å²) in [4.78, 5) is 11.9. The Morgan fingerprint density at radius 1 is 1.14 bits per heavy atom. The summed E-state index contributed by atoms with van der Waals surface area (Å²) in [6.07, 6.45) is 0. The first-order chi connectivity index (χ1) is 10.0. The summed E-state index contributed by atoms with van der Waals surface area (Å²) in [5, 5.41) is 12.1. The first kappa shape index (κ1) is 13.3. The molecule has 0 N–H and O–H groups in total. The zero-order valence-electron chi connectivity index (χ0n) is 12.1. The largest absolute Gasteiger partial charge is 0.419 e. The van der Waals surface area contributed by atoms with Crippen molar-refractivity contribution in [3.63, 3.8) is 0 Å². The highest BCUT2D eigenvalue weighted by molar-refractivity contribution is 5.52. The second kappa shape index (κ2) is 5.01. The molecular weight excluding hydrogens is 270 g/mol. The number of rotatable bonds is 3. The first-order valence-corrected chi connectivity index (χ1v) is 6.54. The minimum Gasteiger partial charge on any atom is -0.419 e. The van der Waals surface area contributed by atoms with Gasteiger partial charge < -0.3 is 4.42 Å². The fourth-order valence-corrected chi connectivity index (χ4v) is 1.96. The lowest BCUT2D eigenvalue weighted by atomic mass is 10.1. The SMILES string of the molecule is Cc1ccc(-c2nnc(Cn3nc(C)n(C)c3=O)o2)cc1. The molecule has 0 unspecified atom stereocenters. The molecule has 0 fully saturated rings. The monoisotopic (exact) mass is 285 g/mol. The molecule has 2 heterocycles. The Labute approximate surface area is 120 Å². The number of hydrogen-bond acceptors (Lipinski definition) is 5. The van der Waals surface area contributed by atoms with Crippen LogP contribution in [-0.2, 0) is 13.6 Å². The molecule has 21 heavy (non-hydrogen) atoms. The lowest BCUT2D eigenvalue weighted by molar-refractivity contribution is 0.467. The van der Waals surface area contributed by atoms with Crippen molar-refractivity contribution < 1.29 is 4.42 Å². The van der Waals surface area contributed by atoms with Crippen LogP contribution in [0.25, 0.3) is 11.5 Å². The number of benzene rings is 1. The molecule has 0 amide bonds. The first-order valence-electron chi connectivity index (χ1n) is 6.54. The van der Waals surface area contributed by atoms with Crippen LogP contribution in [0.2, 0.25) is 0 Å². The molecule has 0 aliphatic rings. The Morgan fingerprint density at radius 3 is 2.48 bits per heavy atom. The minimum absolute atomic E-state index is 0.166. The Balaban J connectivity index is 1.86. The van der Waals surface area contributed by atoms with E-state index in [0.29, 0.717) is 17.6 Å². The molecule has 0 atom stereocenters. The van der Waals surface area contributed by atoms with Crippen molar-refractivity contribution in [3.05, 3.63) is 52.0 Å². The van der Waals surface area contributed by atoms with Crippen LogP contribution in [0, 0.1) is 13.8 Å². The van der Waals surface area contributed by atoms with Crippen molar-refractivity contribution in [1.82, 2.24) is 24.5 Å². The number of aryl methyl sites for hydroxylation is 2. The topological polar surface area (TPSA) is 78.7 Å². The van der Waals surface area contributed by atoms with E-state index in [1.165, 1.54) is 9.25 Å². The maximum absolute atomic E-state index is 11.9. The van der Waals surface area contributed by atoms with Crippen molar-refractivity contribution in [1.29, 1.82) is 0 Å². The zero-order chi connectivity index (χ0) is 15.0. The number of hydrogen-bond donors (Lipinski definition) is 0. The molecule has 7 heteroatoms. The van der Waals surface area contributed by atoms with E-state index in [9.17, 15) is 4.79 Å². The Bertz CT molecular complexity index is 826. The van der Waals surface area contributed by atoms with Crippen LogP contribution in [0.4, 0.5) is 0 Å². The predicted octanol–water partition coefficient (Wildman–Crippen LogP) is 1.30. The Kier molecular flexibility index (Phi) is 3.17. The molecule has 7 nitrogen and oxygen atoms in total. The predicted molar refractivity (Wildman–Crippen MR) is 75.8 cm³/mol. The van der Waals surface area contributed by atoms with Gasteiger partial charge in [-0.25, -0.2) is 9.48 Å². The maximum atomic E-state index is 11.9. The summed E-state index contributed by atoms with van der Waals surface area (Å²) < 4.78 is 8.36. The van der Waals surface area contributed by atoms with Gasteiger partial charge in [0.15, 0.2) is 0 Å². The highest BCUT2D eigenvalue weighted by Gasteiger charge is 2.12. The van der Waals surface area contributed by atoms with Gasteiger partial charge in [-0.15, -0.1) is 10.2 Å². The molecule has 0 aliphatic heterocycles. The molecule has 0 bridgehead atoms. The van der Waals surface area contributed by atoms with Gasteiger partial charge in [0.05, 0.1) is 0 Å². The standard InChI is InChI=1S/C14H15N5O2/c1-9-4-6-11(7-5-9)13-16-15-12(21-13)8-19-14(20)18(3)10(2)17-19/h4-7H,8H2,1-3H3. The lowest BCUT2D eigenvalue weighted by Crippen LogP contribution is -2.23. The Morgan fingerprint density at radius 2 is 1.86 bits per heavy atom. The molecule has 0 saturated carbocycles. The third kappa shape index (κ3) is 2.49. The molecule has 2 aromatic heterocycles. The van der Waals surface area contributed by atoms with Crippen molar-refractivity contribution in [2.24, 2.45) is 7.05 Å². The summed E-state index contributed by atoms with van der Waals surface area (Å²) in [5.41, 5.74) is 1.81. The normalized spacial score (nSPS) is 11.0. The highest BCUT2D eigenvalue weighted by Crippen LogP contribution is 2.18. The average molecular weight is 285 g/mol. The molecule has 0 aliphatic carbocycles. The minimum atomic E-state index is -0.206. The molecule has 0 radical (unpaired) electrons. The third-order valence-electron chi connectivity index (χ3n) is 3.31. The van der Waals surface area contributed by atoms with Gasteiger partial charge in [-0.2, -0.15) is 5.10 Å². The van der Waals surface area contributed by atoms with Crippen LogP contribution < -0.4 is 5.69 Å². The van der Waals surface area contributed by atoms with E-state index in [2.05, 4.69) is 15.3 Å². The molecular formula is C14H15N5O2. The number of nitrogens with zero attached hydrogens (tertiary/aromatic N) is 5. The summed E-state index contributed by atoms with van der Waals surface area (Å²) in [6.45, 7) is 3.95. The van der Waals surface area contributed by atoms with Crippen LogP contribution in [-0.4, -0.2) is 24.5 Å². The second-order valence-electron chi connectivity index (χ2n) is 4.91. The molecule has 108 valence electrons. The molecule has 3 aromatic rings. The van der Waals surface area contributed by atoms with Crippen molar-refractivity contribution >= 4 is 0 Å². The summed E-state index contributed by atoms with van der Waals surface area (Å²) in [7, 11) is 1.67. The van der Waals surface area contributed by atoms with E-state index in [4.69, 9.17) is 4.42 Å².